The summed E-state index contributed by atoms with van der Waals surface area (Å²) >= 11 is 0. The van der Waals surface area contributed by atoms with E-state index >= 15 is 0 Å². The number of rotatable bonds is 12. The fraction of sp³-hybridized carbons (Fsp3) is 0.730. The molecule has 6 nitrogen and oxygen atoms in total. The summed E-state index contributed by atoms with van der Waals surface area (Å²) in [4.78, 5) is 0.284. The van der Waals surface area contributed by atoms with Crippen molar-refractivity contribution < 1.29 is 22.0 Å². The van der Waals surface area contributed by atoms with Crippen molar-refractivity contribution in [2.75, 3.05) is 13.2 Å². The maximum absolute atomic E-state index is 14.4. The van der Waals surface area contributed by atoms with Gasteiger partial charge in [0.2, 0.25) is 10.0 Å². The van der Waals surface area contributed by atoms with E-state index < -0.39 is 49.1 Å². The smallest absolute Gasteiger partial charge is 0.240 e. The molecule has 0 radical (unpaired) electrons. The minimum Gasteiger partial charge on any atom is -0.416 e. The number of sulfonamides is 1. The van der Waals surface area contributed by atoms with E-state index in [1.165, 1.54) is 5.57 Å². The molecular weight excluding hydrogens is 627 g/mol. The summed E-state index contributed by atoms with van der Waals surface area (Å²) in [7, 11) is -8.36. The molecule has 0 saturated carbocycles. The van der Waals surface area contributed by atoms with Gasteiger partial charge in [0.15, 0.2) is 16.6 Å². The van der Waals surface area contributed by atoms with Gasteiger partial charge in [0.25, 0.3) is 0 Å². The number of aryl methyl sites for hydroxylation is 1. The summed E-state index contributed by atoms with van der Waals surface area (Å²) in [6, 6.07) is 6.70. The van der Waals surface area contributed by atoms with Gasteiger partial charge in [-0.1, -0.05) is 103 Å². The zero-order valence-electron chi connectivity index (χ0n) is 31.3. The number of ether oxygens (including phenoxy) is 1. The van der Waals surface area contributed by atoms with E-state index in [0.29, 0.717) is 13.2 Å². The average molecular weight is 690 g/mol. The van der Waals surface area contributed by atoms with Gasteiger partial charge >= 0.3 is 0 Å². The first-order valence-electron chi connectivity index (χ1n) is 17.3. The molecule has 1 saturated heterocycles. The first-order chi connectivity index (χ1) is 20.9. The van der Waals surface area contributed by atoms with Crippen LogP contribution in [-0.2, 0) is 23.6 Å². The molecule has 3 aliphatic rings. The Kier molecular flexibility index (Phi) is 10.1. The van der Waals surface area contributed by atoms with Crippen LogP contribution in [0.5, 0.6) is 0 Å². The molecule has 2 bridgehead atoms. The molecule has 0 aromatic heterocycles. The van der Waals surface area contributed by atoms with E-state index in [0.717, 1.165) is 24.8 Å². The Bertz CT molecular complexity index is 1440. The van der Waals surface area contributed by atoms with Crippen molar-refractivity contribution in [2.24, 2.45) is 16.7 Å². The van der Waals surface area contributed by atoms with Crippen LogP contribution in [0.4, 0.5) is 0 Å². The molecule has 2 aliphatic heterocycles. The Balaban J connectivity index is 2.00. The molecule has 46 heavy (non-hydrogen) atoms. The minimum absolute atomic E-state index is 0.0166. The predicted molar refractivity (Wildman–Crippen MR) is 196 cm³/mol. The summed E-state index contributed by atoms with van der Waals surface area (Å²) in [5.74, 6) is -0.0302. The highest BCUT2D eigenvalue weighted by atomic mass is 32.2. The zero-order chi connectivity index (χ0) is 34.8. The number of fused-ring (bicyclic) bond motifs is 5. The Morgan fingerprint density at radius 2 is 1.46 bits per heavy atom. The van der Waals surface area contributed by atoms with Crippen LogP contribution in [0.15, 0.2) is 53.0 Å². The highest BCUT2D eigenvalue weighted by Crippen LogP contribution is 2.70. The van der Waals surface area contributed by atoms with Crippen molar-refractivity contribution >= 4 is 26.7 Å². The second-order valence-corrected chi connectivity index (χ2v) is 28.9. The van der Waals surface area contributed by atoms with Crippen LogP contribution in [0.3, 0.4) is 0 Å². The lowest BCUT2D eigenvalue weighted by Crippen LogP contribution is -2.72. The molecule has 1 aromatic carbocycles. The van der Waals surface area contributed by atoms with Crippen molar-refractivity contribution in [3.63, 3.8) is 0 Å². The summed E-state index contributed by atoms with van der Waals surface area (Å²) in [6.07, 6.45) is 9.42. The number of benzene rings is 1. The van der Waals surface area contributed by atoms with Crippen molar-refractivity contribution in [2.45, 2.75) is 147 Å². The quantitative estimate of drug-likeness (QED) is 0.175. The van der Waals surface area contributed by atoms with Crippen LogP contribution in [0.1, 0.15) is 87.1 Å². The van der Waals surface area contributed by atoms with Crippen LogP contribution in [-0.4, -0.2) is 56.0 Å². The summed E-state index contributed by atoms with van der Waals surface area (Å²) in [5.41, 5.74) is 0.118. The molecule has 0 spiro atoms. The maximum atomic E-state index is 14.4. The largest absolute Gasteiger partial charge is 0.416 e. The molecule has 1 aromatic rings. The zero-order valence-corrected chi connectivity index (χ0v) is 34.1. The third kappa shape index (κ3) is 6.13. The van der Waals surface area contributed by atoms with Crippen LogP contribution in [0.2, 0.25) is 36.3 Å². The Hall–Kier alpha value is -1.08. The van der Waals surface area contributed by atoms with Crippen molar-refractivity contribution in [1.29, 1.82) is 0 Å². The van der Waals surface area contributed by atoms with E-state index in [1.807, 2.05) is 19.1 Å². The lowest BCUT2D eigenvalue weighted by Gasteiger charge is -2.61. The van der Waals surface area contributed by atoms with Crippen LogP contribution in [0, 0.1) is 23.7 Å². The van der Waals surface area contributed by atoms with Gasteiger partial charge in [0.1, 0.15) is 0 Å². The molecule has 1 N–H and O–H groups in total. The van der Waals surface area contributed by atoms with E-state index in [9.17, 15) is 8.42 Å². The third-order valence-corrected chi connectivity index (χ3v) is 23.1. The second kappa shape index (κ2) is 12.4. The van der Waals surface area contributed by atoms with Crippen LogP contribution in [0.25, 0.3) is 0 Å². The fourth-order valence-corrected chi connectivity index (χ4v) is 10.8. The highest BCUT2D eigenvalue weighted by Gasteiger charge is 2.78. The van der Waals surface area contributed by atoms with Crippen molar-refractivity contribution in [3.8, 4) is 0 Å². The molecule has 2 heterocycles. The van der Waals surface area contributed by atoms with Gasteiger partial charge in [0.05, 0.1) is 27.4 Å². The molecule has 6 atom stereocenters. The summed E-state index contributed by atoms with van der Waals surface area (Å²) < 4.78 is 53.7. The number of nitrogens with one attached hydrogen (secondary N) is 1. The molecule has 9 heteroatoms. The number of hydrogen-bond acceptors (Lipinski definition) is 5. The summed E-state index contributed by atoms with van der Waals surface area (Å²) in [5, 5.41) is 0.00174. The van der Waals surface area contributed by atoms with Gasteiger partial charge in [-0.25, -0.2) is 13.1 Å². The standard InChI is InChI=1S/C37H63NO5SSi2/c1-15-16-17-29-24-28(3)36(25-41-45(11,12)33(4,5)6)31-22-23-35(10,43-31)37(36,26-42-46(13,14)34(7,8)9)32(29)38-44(39,40)30-20-18-27(2)19-21-30/h18-24,29,31-32,38H,15-17,25-26H2,1-14H3/t29-,31-,32-,35+,36-,37+/m1/s1. The molecule has 0 unspecified atom stereocenters. The molecular formula is C37H63NO5SSi2. The second-order valence-electron chi connectivity index (χ2n) is 17.6. The Morgan fingerprint density at radius 3 is 1.98 bits per heavy atom. The number of unbranched alkanes of at least 4 members (excludes halogenated alkanes) is 1. The molecule has 4 rings (SSSR count). The van der Waals surface area contributed by atoms with Gasteiger partial charge in [-0.2, -0.15) is 0 Å². The fourth-order valence-electron chi connectivity index (χ4n) is 7.46. The van der Waals surface area contributed by atoms with Gasteiger partial charge < -0.3 is 13.6 Å². The first kappa shape index (κ1) is 37.7. The highest BCUT2D eigenvalue weighted by molar-refractivity contribution is 7.89. The molecule has 1 aliphatic carbocycles. The Morgan fingerprint density at radius 1 is 0.913 bits per heavy atom. The topological polar surface area (TPSA) is 73.9 Å². The van der Waals surface area contributed by atoms with Crippen molar-refractivity contribution in [1.82, 2.24) is 4.72 Å². The predicted octanol–water partition coefficient (Wildman–Crippen LogP) is 9.15. The Labute approximate surface area is 283 Å². The van der Waals surface area contributed by atoms with Crippen molar-refractivity contribution in [3.05, 3.63) is 53.6 Å². The average Bonchev–Trinajstić information content (AvgIpc) is 3.42. The molecule has 1 fully saturated rings. The van der Waals surface area contributed by atoms with E-state index in [1.54, 1.807) is 12.1 Å². The minimum atomic E-state index is -3.88. The number of hydrogen-bond donors (Lipinski definition) is 1. The van der Waals surface area contributed by atoms with E-state index in [4.69, 9.17) is 13.6 Å². The van der Waals surface area contributed by atoms with Crippen LogP contribution < -0.4 is 4.72 Å². The van der Waals surface area contributed by atoms with E-state index in [2.05, 4.69) is 111 Å². The monoisotopic (exact) mass is 689 g/mol. The summed E-state index contributed by atoms with van der Waals surface area (Å²) in [6.45, 7) is 32.2. The van der Waals surface area contributed by atoms with Gasteiger partial charge in [-0.05, 0) is 81.5 Å². The maximum Gasteiger partial charge on any atom is 0.240 e. The normalized spacial score (nSPS) is 31.7. The SMILES string of the molecule is CCCC[C@@H]1C=C(C)[C@]2(CO[Si](C)(C)C(C)(C)C)[C@H]3C=C[C@](C)(O3)[C@]2(CO[Si](C)(C)C(C)(C)C)[C@@H]1NS(=O)(=O)c1ccc(C)cc1. The first-order valence-corrected chi connectivity index (χ1v) is 24.6. The lowest BCUT2D eigenvalue weighted by molar-refractivity contribution is -0.0898. The van der Waals surface area contributed by atoms with Gasteiger partial charge in [-0.15, -0.1) is 0 Å². The van der Waals surface area contributed by atoms with Gasteiger partial charge in [-0.3, -0.25) is 0 Å². The third-order valence-electron chi connectivity index (χ3n) is 12.7. The molecule has 260 valence electrons. The lowest BCUT2D eigenvalue weighted by atomic mass is 9.45. The molecule has 0 amide bonds. The van der Waals surface area contributed by atoms with E-state index in [-0.39, 0.29) is 27.0 Å². The van der Waals surface area contributed by atoms with Gasteiger partial charge in [0, 0.05) is 19.3 Å². The van der Waals surface area contributed by atoms with Crippen LogP contribution >= 0.6 is 0 Å².